The van der Waals surface area contributed by atoms with Gasteiger partial charge in [0.15, 0.2) is 5.78 Å². The topological polar surface area (TPSA) is 92.5 Å². The zero-order chi connectivity index (χ0) is 20.1. The summed E-state index contributed by atoms with van der Waals surface area (Å²) in [7, 11) is 0. The molecule has 2 heterocycles. The van der Waals surface area contributed by atoms with Crippen LogP contribution in [0.4, 0.5) is 5.69 Å². The van der Waals surface area contributed by atoms with E-state index in [0.717, 1.165) is 24.9 Å². The normalized spacial score (nSPS) is 16.8. The first-order valence-corrected chi connectivity index (χ1v) is 10.3. The maximum atomic E-state index is 12.3. The number of likely N-dealkylation sites (tertiary alicyclic amines) is 1. The van der Waals surface area contributed by atoms with E-state index in [0.29, 0.717) is 21.4 Å². The maximum absolute atomic E-state index is 12.3. The van der Waals surface area contributed by atoms with E-state index < -0.39 is 0 Å². The third-order valence-electron chi connectivity index (χ3n) is 4.78. The zero-order valence-corrected chi connectivity index (χ0v) is 16.9. The van der Waals surface area contributed by atoms with E-state index in [1.807, 2.05) is 29.2 Å². The predicted octanol–water partition coefficient (Wildman–Crippen LogP) is 3.45. The first kappa shape index (κ1) is 20.5. The quantitative estimate of drug-likeness (QED) is 0.641. The van der Waals surface area contributed by atoms with Gasteiger partial charge in [-0.1, -0.05) is 29.8 Å². The van der Waals surface area contributed by atoms with Crippen molar-refractivity contribution in [1.82, 2.24) is 4.90 Å². The maximum Gasteiger partial charge on any atom is 0.234 e. The van der Waals surface area contributed by atoms with Crippen LogP contribution in [0.2, 0.25) is 4.34 Å². The molecule has 2 amide bonds. The average molecular weight is 420 g/mol. The second kappa shape index (κ2) is 9.32. The minimum absolute atomic E-state index is 0.0936. The van der Waals surface area contributed by atoms with Crippen molar-refractivity contribution in [2.75, 3.05) is 11.9 Å². The van der Waals surface area contributed by atoms with E-state index in [1.54, 1.807) is 12.1 Å². The Kier molecular flexibility index (Phi) is 6.83. The molecule has 0 saturated carbocycles. The molecule has 0 radical (unpaired) electrons. The number of hydrogen-bond acceptors (Lipinski definition) is 5. The molecule has 1 aliphatic heterocycles. The molecule has 0 bridgehead atoms. The molecule has 2 aromatic rings. The second-order valence-corrected chi connectivity index (χ2v) is 8.48. The Bertz CT molecular complexity index is 883. The second-order valence-electron chi connectivity index (χ2n) is 6.76. The van der Waals surface area contributed by atoms with Crippen LogP contribution in [0.3, 0.4) is 0 Å². The van der Waals surface area contributed by atoms with Gasteiger partial charge in [0.2, 0.25) is 11.8 Å². The van der Waals surface area contributed by atoms with Crippen LogP contribution in [0.5, 0.6) is 0 Å². The number of nitrogens with zero attached hydrogens (tertiary/aromatic N) is 1. The third-order valence-corrected chi connectivity index (χ3v) is 6.06. The van der Waals surface area contributed by atoms with E-state index in [-0.39, 0.29) is 36.5 Å². The number of benzene rings is 1. The fourth-order valence-electron chi connectivity index (χ4n) is 3.36. The summed E-state index contributed by atoms with van der Waals surface area (Å²) >= 11 is 7.06. The molecular weight excluding hydrogens is 398 g/mol. The molecule has 3 rings (SSSR count). The Morgan fingerprint density at radius 3 is 2.68 bits per heavy atom. The number of amides is 2. The van der Waals surface area contributed by atoms with Gasteiger partial charge in [-0.05, 0) is 43.1 Å². The van der Waals surface area contributed by atoms with Crippen LogP contribution in [0.25, 0.3) is 0 Å². The molecule has 1 aromatic heterocycles. The fraction of sp³-hybridized carbons (Fsp3) is 0.350. The first-order valence-electron chi connectivity index (χ1n) is 9.13. The van der Waals surface area contributed by atoms with Crippen LogP contribution >= 0.6 is 22.9 Å². The van der Waals surface area contributed by atoms with Crippen molar-refractivity contribution in [2.24, 2.45) is 5.73 Å². The van der Waals surface area contributed by atoms with Crippen LogP contribution in [-0.2, 0) is 16.1 Å². The summed E-state index contributed by atoms with van der Waals surface area (Å²) in [5.41, 5.74) is 7.09. The van der Waals surface area contributed by atoms with Crippen LogP contribution in [0, 0.1) is 0 Å². The third kappa shape index (κ3) is 5.19. The Morgan fingerprint density at radius 2 is 1.96 bits per heavy atom. The highest BCUT2D eigenvalue weighted by Crippen LogP contribution is 2.25. The number of ketones is 1. The molecule has 28 heavy (non-hydrogen) atoms. The number of halogens is 1. The number of hydrogen-bond donors (Lipinski definition) is 2. The Hall–Kier alpha value is -2.22. The van der Waals surface area contributed by atoms with Crippen molar-refractivity contribution < 1.29 is 14.4 Å². The van der Waals surface area contributed by atoms with Crippen molar-refractivity contribution in [1.29, 1.82) is 0 Å². The van der Waals surface area contributed by atoms with Gasteiger partial charge in [-0.2, -0.15) is 0 Å². The van der Waals surface area contributed by atoms with Crippen LogP contribution in [0.1, 0.15) is 40.9 Å². The lowest BCUT2D eigenvalue weighted by atomic mass is 10.1. The molecule has 8 heteroatoms. The number of nitrogens with one attached hydrogen (secondary N) is 1. The number of Topliss-reactive ketones (excluding diaryl/α,β-unsaturated/α-hetero) is 1. The van der Waals surface area contributed by atoms with E-state index in [2.05, 4.69) is 5.32 Å². The van der Waals surface area contributed by atoms with Crippen molar-refractivity contribution in [2.45, 2.75) is 38.3 Å². The van der Waals surface area contributed by atoms with Gasteiger partial charge < -0.3 is 11.1 Å². The summed E-state index contributed by atoms with van der Waals surface area (Å²) in [6.45, 7) is 1.34. The molecule has 1 saturated heterocycles. The van der Waals surface area contributed by atoms with Crippen LogP contribution in [0.15, 0.2) is 36.4 Å². The Morgan fingerprint density at radius 1 is 1.18 bits per heavy atom. The minimum atomic E-state index is -0.314. The summed E-state index contributed by atoms with van der Waals surface area (Å²) in [6.07, 6.45) is 1.91. The molecule has 148 valence electrons. The number of rotatable bonds is 8. The molecule has 1 unspecified atom stereocenters. The molecule has 1 aromatic carbocycles. The predicted molar refractivity (Wildman–Crippen MR) is 111 cm³/mol. The van der Waals surface area contributed by atoms with Crippen molar-refractivity contribution in [3.05, 3.63) is 51.2 Å². The van der Waals surface area contributed by atoms with Gasteiger partial charge >= 0.3 is 0 Å². The van der Waals surface area contributed by atoms with Gasteiger partial charge in [-0.3, -0.25) is 19.3 Å². The van der Waals surface area contributed by atoms with E-state index in [1.165, 1.54) is 11.3 Å². The van der Waals surface area contributed by atoms with E-state index in [9.17, 15) is 14.4 Å². The zero-order valence-electron chi connectivity index (χ0n) is 15.3. The number of carbonyl (C=O) groups is 3. The fourth-order valence-corrected chi connectivity index (χ4v) is 4.37. The standard InChI is InChI=1S/C20H22ClN3O3S/c21-18-9-8-17(28-18)16(25)7-10-19(26)23-14-5-2-1-4-13(14)12-24-11-3-6-15(24)20(22)27/h1-2,4-5,8-9,15H,3,6-7,10-12H2,(H2,22,27)(H,23,26). The molecule has 3 N–H and O–H groups in total. The molecule has 0 aliphatic carbocycles. The lowest BCUT2D eigenvalue weighted by molar-refractivity contribution is -0.122. The average Bonchev–Trinajstić information content (AvgIpc) is 3.30. The highest BCUT2D eigenvalue weighted by Gasteiger charge is 2.29. The summed E-state index contributed by atoms with van der Waals surface area (Å²) in [4.78, 5) is 38.7. The van der Waals surface area contributed by atoms with E-state index in [4.69, 9.17) is 17.3 Å². The van der Waals surface area contributed by atoms with Crippen LogP contribution < -0.4 is 11.1 Å². The lowest BCUT2D eigenvalue weighted by Gasteiger charge is -2.23. The van der Waals surface area contributed by atoms with E-state index >= 15 is 0 Å². The van der Waals surface area contributed by atoms with Gasteiger partial charge in [-0.15, -0.1) is 11.3 Å². The summed E-state index contributed by atoms with van der Waals surface area (Å²) in [5.74, 6) is -0.635. The lowest BCUT2D eigenvalue weighted by Crippen LogP contribution is -2.39. The van der Waals surface area contributed by atoms with Crippen molar-refractivity contribution >= 4 is 46.2 Å². The highest BCUT2D eigenvalue weighted by molar-refractivity contribution is 7.18. The number of primary amides is 1. The first-order chi connectivity index (χ1) is 13.4. The largest absolute Gasteiger partial charge is 0.368 e. The van der Waals surface area contributed by atoms with Crippen molar-refractivity contribution in [3.8, 4) is 0 Å². The molecule has 6 nitrogen and oxygen atoms in total. The van der Waals surface area contributed by atoms with Gasteiger partial charge in [0.1, 0.15) is 0 Å². The Labute approximate surface area is 172 Å². The number of para-hydroxylation sites is 1. The smallest absolute Gasteiger partial charge is 0.234 e. The number of anilines is 1. The summed E-state index contributed by atoms with van der Waals surface area (Å²) < 4.78 is 0.554. The summed E-state index contributed by atoms with van der Waals surface area (Å²) in [5, 5.41) is 2.88. The molecule has 1 fully saturated rings. The highest BCUT2D eigenvalue weighted by atomic mass is 35.5. The monoisotopic (exact) mass is 419 g/mol. The SMILES string of the molecule is NC(=O)C1CCCN1Cc1ccccc1NC(=O)CCC(=O)c1ccc(Cl)s1. The van der Waals surface area contributed by atoms with Crippen LogP contribution in [-0.4, -0.2) is 35.1 Å². The van der Waals surface area contributed by atoms with Gasteiger partial charge in [0.05, 0.1) is 15.3 Å². The number of thiophene rings is 1. The molecule has 0 spiro atoms. The number of nitrogens with two attached hydrogens (primary N) is 1. The van der Waals surface area contributed by atoms with Crippen molar-refractivity contribution in [3.63, 3.8) is 0 Å². The van der Waals surface area contributed by atoms with Gasteiger partial charge in [-0.25, -0.2) is 0 Å². The van der Waals surface area contributed by atoms with Gasteiger partial charge in [0, 0.05) is 25.1 Å². The molecule has 1 aliphatic rings. The molecular formula is C20H22ClN3O3S. The number of carbonyl (C=O) groups excluding carboxylic acids is 3. The Balaban J connectivity index is 1.59. The van der Waals surface area contributed by atoms with Gasteiger partial charge in [0.25, 0.3) is 0 Å². The molecule has 1 atom stereocenters. The summed E-state index contributed by atoms with van der Waals surface area (Å²) in [6, 6.07) is 10.6. The minimum Gasteiger partial charge on any atom is -0.368 e.